The van der Waals surface area contributed by atoms with E-state index in [9.17, 15) is 9.18 Å². The van der Waals surface area contributed by atoms with Crippen LogP contribution >= 0.6 is 0 Å². The van der Waals surface area contributed by atoms with E-state index in [0.717, 1.165) is 12.8 Å². The van der Waals surface area contributed by atoms with Crippen molar-refractivity contribution < 1.29 is 9.18 Å². The van der Waals surface area contributed by atoms with Crippen LogP contribution in [-0.2, 0) is 11.3 Å². The molecule has 0 saturated carbocycles. The zero-order valence-electron chi connectivity index (χ0n) is 12.6. The summed E-state index contributed by atoms with van der Waals surface area (Å²) < 4.78 is 13.9. The summed E-state index contributed by atoms with van der Waals surface area (Å²) in [5.41, 5.74) is 6.34. The predicted molar refractivity (Wildman–Crippen MR) is 79.7 cm³/mol. The SMILES string of the molecule is CCCC(CN)C(=O)N(CC)Cc1ccc(C#N)cc1F. The third kappa shape index (κ3) is 4.54. The molecule has 0 bridgehead atoms. The number of carbonyl (C=O) groups excluding carboxylic acids is 1. The molecule has 1 aromatic rings. The first-order valence-corrected chi connectivity index (χ1v) is 7.24. The predicted octanol–water partition coefficient (Wildman–Crippen LogP) is 2.42. The van der Waals surface area contributed by atoms with Gasteiger partial charge in [-0.3, -0.25) is 4.79 Å². The Bertz CT molecular complexity index is 525. The maximum absolute atomic E-state index is 13.9. The van der Waals surface area contributed by atoms with Gasteiger partial charge in [0.05, 0.1) is 17.6 Å². The lowest BCUT2D eigenvalue weighted by Gasteiger charge is -2.26. The van der Waals surface area contributed by atoms with Crippen LogP contribution in [0.25, 0.3) is 0 Å². The third-order valence-corrected chi connectivity index (χ3v) is 3.51. The summed E-state index contributed by atoms with van der Waals surface area (Å²) in [7, 11) is 0. The Hall–Kier alpha value is -1.93. The summed E-state index contributed by atoms with van der Waals surface area (Å²) >= 11 is 0. The van der Waals surface area contributed by atoms with E-state index in [1.165, 1.54) is 6.07 Å². The lowest BCUT2D eigenvalue weighted by molar-refractivity contribution is -0.135. The largest absolute Gasteiger partial charge is 0.338 e. The van der Waals surface area contributed by atoms with Gasteiger partial charge in [-0.25, -0.2) is 4.39 Å². The van der Waals surface area contributed by atoms with Crippen molar-refractivity contribution in [2.45, 2.75) is 33.2 Å². The van der Waals surface area contributed by atoms with Gasteiger partial charge in [-0.15, -0.1) is 0 Å². The van der Waals surface area contributed by atoms with E-state index in [-0.39, 0.29) is 23.9 Å². The minimum absolute atomic E-state index is 0.0365. The number of hydrogen-bond acceptors (Lipinski definition) is 3. The summed E-state index contributed by atoms with van der Waals surface area (Å²) in [5.74, 6) is -0.706. The first-order chi connectivity index (χ1) is 10.1. The maximum Gasteiger partial charge on any atom is 0.227 e. The Morgan fingerprint density at radius 2 is 2.19 bits per heavy atom. The number of hydrogen-bond donors (Lipinski definition) is 1. The molecule has 1 rings (SSSR count). The molecule has 4 nitrogen and oxygen atoms in total. The van der Waals surface area contributed by atoms with Gasteiger partial charge < -0.3 is 10.6 Å². The summed E-state index contributed by atoms with van der Waals surface area (Å²) in [6.45, 7) is 4.87. The van der Waals surface area contributed by atoms with Gasteiger partial charge in [0.25, 0.3) is 0 Å². The number of rotatable bonds is 7. The molecule has 0 heterocycles. The second-order valence-electron chi connectivity index (χ2n) is 4.99. The van der Waals surface area contributed by atoms with E-state index >= 15 is 0 Å². The van der Waals surface area contributed by atoms with Gasteiger partial charge in [-0.2, -0.15) is 5.26 Å². The zero-order chi connectivity index (χ0) is 15.8. The summed E-state index contributed by atoms with van der Waals surface area (Å²) in [5, 5.41) is 8.74. The first kappa shape index (κ1) is 17.1. The van der Waals surface area contributed by atoms with Crippen LogP contribution in [-0.4, -0.2) is 23.9 Å². The van der Waals surface area contributed by atoms with Crippen molar-refractivity contribution >= 4 is 5.91 Å². The Kier molecular flexibility index (Phi) is 6.83. The minimum Gasteiger partial charge on any atom is -0.338 e. The number of nitrogens with zero attached hydrogens (tertiary/aromatic N) is 2. The third-order valence-electron chi connectivity index (χ3n) is 3.51. The second kappa shape index (κ2) is 8.38. The normalized spacial score (nSPS) is 11.8. The molecule has 114 valence electrons. The Labute approximate surface area is 125 Å². The first-order valence-electron chi connectivity index (χ1n) is 7.24. The van der Waals surface area contributed by atoms with Crippen molar-refractivity contribution in [3.8, 4) is 6.07 Å². The second-order valence-corrected chi connectivity index (χ2v) is 4.99. The molecule has 1 amide bonds. The Morgan fingerprint density at radius 1 is 1.48 bits per heavy atom. The number of carbonyl (C=O) groups is 1. The van der Waals surface area contributed by atoms with Crippen LogP contribution in [0.4, 0.5) is 4.39 Å². The van der Waals surface area contributed by atoms with Crippen molar-refractivity contribution in [3.63, 3.8) is 0 Å². The fourth-order valence-electron chi connectivity index (χ4n) is 2.25. The molecule has 0 aliphatic rings. The van der Waals surface area contributed by atoms with Crippen LogP contribution in [0.1, 0.15) is 37.8 Å². The molecule has 0 aliphatic carbocycles. The van der Waals surface area contributed by atoms with Crippen molar-refractivity contribution in [1.82, 2.24) is 4.90 Å². The smallest absolute Gasteiger partial charge is 0.227 e. The van der Waals surface area contributed by atoms with E-state index in [1.807, 2.05) is 19.9 Å². The fraction of sp³-hybridized carbons (Fsp3) is 0.500. The monoisotopic (exact) mass is 291 g/mol. The van der Waals surface area contributed by atoms with Crippen LogP contribution in [0.3, 0.4) is 0 Å². The lowest BCUT2D eigenvalue weighted by atomic mass is 10.0. The van der Waals surface area contributed by atoms with Crippen LogP contribution in [0.15, 0.2) is 18.2 Å². The average molecular weight is 291 g/mol. The van der Waals surface area contributed by atoms with Crippen LogP contribution in [0.2, 0.25) is 0 Å². The Morgan fingerprint density at radius 3 is 2.67 bits per heavy atom. The van der Waals surface area contributed by atoms with Crippen LogP contribution in [0, 0.1) is 23.1 Å². The van der Waals surface area contributed by atoms with Gasteiger partial charge in [0, 0.05) is 25.2 Å². The quantitative estimate of drug-likeness (QED) is 0.838. The highest BCUT2D eigenvalue weighted by Crippen LogP contribution is 2.16. The summed E-state index contributed by atoms with van der Waals surface area (Å²) in [6, 6.07) is 6.20. The van der Waals surface area contributed by atoms with Crippen molar-refractivity contribution in [3.05, 3.63) is 35.1 Å². The molecular formula is C16H22FN3O. The van der Waals surface area contributed by atoms with Crippen LogP contribution < -0.4 is 5.73 Å². The van der Waals surface area contributed by atoms with Gasteiger partial charge in [0.2, 0.25) is 5.91 Å². The number of nitrogens with two attached hydrogens (primary N) is 1. The van der Waals surface area contributed by atoms with Gasteiger partial charge >= 0.3 is 0 Å². The van der Waals surface area contributed by atoms with Gasteiger partial charge in [-0.1, -0.05) is 19.4 Å². The maximum atomic E-state index is 13.9. The highest BCUT2D eigenvalue weighted by Gasteiger charge is 2.22. The number of nitriles is 1. The highest BCUT2D eigenvalue weighted by atomic mass is 19.1. The molecule has 0 aromatic heterocycles. The van der Waals surface area contributed by atoms with E-state index in [1.54, 1.807) is 17.0 Å². The molecule has 2 N–H and O–H groups in total. The molecule has 5 heteroatoms. The van der Waals surface area contributed by atoms with Crippen molar-refractivity contribution in [2.75, 3.05) is 13.1 Å². The van der Waals surface area contributed by atoms with Crippen molar-refractivity contribution in [1.29, 1.82) is 5.26 Å². The van der Waals surface area contributed by atoms with Crippen molar-refractivity contribution in [2.24, 2.45) is 11.7 Å². The molecule has 0 spiro atoms. The van der Waals surface area contributed by atoms with E-state index in [2.05, 4.69) is 0 Å². The number of benzene rings is 1. The fourth-order valence-corrected chi connectivity index (χ4v) is 2.25. The topological polar surface area (TPSA) is 70.1 Å². The molecule has 1 aromatic carbocycles. The van der Waals surface area contributed by atoms with E-state index in [4.69, 9.17) is 11.0 Å². The van der Waals surface area contributed by atoms with Gasteiger partial charge in [-0.05, 0) is 25.5 Å². The molecule has 0 aliphatic heterocycles. The van der Waals surface area contributed by atoms with Gasteiger partial charge in [0.1, 0.15) is 5.82 Å². The average Bonchev–Trinajstić information content (AvgIpc) is 2.50. The molecule has 0 fully saturated rings. The zero-order valence-corrected chi connectivity index (χ0v) is 12.6. The molecule has 21 heavy (non-hydrogen) atoms. The Balaban J connectivity index is 2.87. The summed E-state index contributed by atoms with van der Waals surface area (Å²) in [4.78, 5) is 14.0. The van der Waals surface area contributed by atoms with Crippen LogP contribution in [0.5, 0.6) is 0 Å². The minimum atomic E-state index is -0.458. The molecular weight excluding hydrogens is 269 g/mol. The standard InChI is InChI=1S/C16H22FN3O/c1-3-5-13(10-19)16(21)20(4-2)11-14-7-6-12(9-18)8-15(14)17/h6-8,13H,3-5,10-11,19H2,1-2H3. The molecule has 0 saturated heterocycles. The lowest BCUT2D eigenvalue weighted by Crippen LogP contribution is -2.38. The summed E-state index contributed by atoms with van der Waals surface area (Å²) in [6.07, 6.45) is 1.62. The highest BCUT2D eigenvalue weighted by molar-refractivity contribution is 5.79. The van der Waals surface area contributed by atoms with E-state index < -0.39 is 5.82 Å². The number of halogens is 1. The van der Waals surface area contributed by atoms with E-state index in [0.29, 0.717) is 18.7 Å². The number of amides is 1. The molecule has 1 unspecified atom stereocenters. The molecule has 1 atom stereocenters. The molecule has 0 radical (unpaired) electrons. The van der Waals surface area contributed by atoms with Gasteiger partial charge in [0.15, 0.2) is 0 Å².